The summed E-state index contributed by atoms with van der Waals surface area (Å²) in [4.78, 5) is 13.1. The Morgan fingerprint density at radius 3 is 2.45 bits per heavy atom. The van der Waals surface area contributed by atoms with Gasteiger partial charge in [-0.1, -0.05) is 30.2 Å². The van der Waals surface area contributed by atoms with Gasteiger partial charge in [0.15, 0.2) is 11.5 Å². The summed E-state index contributed by atoms with van der Waals surface area (Å²) in [5.41, 5.74) is 6.01. The minimum Gasteiger partial charge on any atom is -0.283 e. The maximum absolute atomic E-state index is 14.7. The van der Waals surface area contributed by atoms with Gasteiger partial charge in [-0.15, -0.1) is 0 Å². The van der Waals surface area contributed by atoms with E-state index in [1.165, 1.54) is 16.8 Å². The number of carbonyl (C=O) groups is 1. The fraction of sp³-hybridized carbons (Fsp3) is 0.280. The van der Waals surface area contributed by atoms with Crippen molar-refractivity contribution in [1.82, 2.24) is 20.2 Å². The minimum atomic E-state index is -0.763. The molecule has 8 heteroatoms. The number of halogens is 3. The first-order chi connectivity index (χ1) is 15.8. The number of rotatable bonds is 5. The van der Waals surface area contributed by atoms with Crippen molar-refractivity contribution in [3.8, 4) is 5.69 Å². The smallest absolute Gasteiger partial charge is 0.283 e. The van der Waals surface area contributed by atoms with Crippen molar-refractivity contribution in [1.29, 1.82) is 0 Å². The zero-order chi connectivity index (χ0) is 23.5. The molecule has 0 bridgehead atoms. The number of allylic oxidation sites excluding steroid dienone is 1. The summed E-state index contributed by atoms with van der Waals surface area (Å²) in [5, 5.41) is 6.98. The molecule has 0 atom stereocenters. The van der Waals surface area contributed by atoms with Crippen LogP contribution in [-0.2, 0) is 0 Å². The van der Waals surface area contributed by atoms with Crippen LogP contribution in [0.15, 0.2) is 42.5 Å². The van der Waals surface area contributed by atoms with Crippen molar-refractivity contribution in [3.05, 3.63) is 81.6 Å². The van der Waals surface area contributed by atoms with E-state index in [4.69, 9.17) is 11.6 Å². The number of carbonyl (C=O) groups excluding carboxylic acids is 1. The molecule has 0 radical (unpaired) electrons. The Labute approximate surface area is 196 Å². The average Bonchev–Trinajstić information content (AvgIpc) is 3.13. The van der Waals surface area contributed by atoms with E-state index in [-0.39, 0.29) is 17.3 Å². The predicted molar refractivity (Wildman–Crippen MR) is 126 cm³/mol. The molecule has 4 rings (SSSR count). The van der Waals surface area contributed by atoms with E-state index in [0.29, 0.717) is 16.3 Å². The van der Waals surface area contributed by atoms with Crippen LogP contribution < -0.4 is 5.43 Å². The number of nitrogens with zero attached hydrogens (tertiary/aromatic N) is 3. The van der Waals surface area contributed by atoms with Gasteiger partial charge in [-0.3, -0.25) is 10.2 Å². The Bertz CT molecular complexity index is 1200. The normalized spacial score (nSPS) is 15.0. The van der Waals surface area contributed by atoms with Crippen molar-refractivity contribution in [3.63, 3.8) is 0 Å². The molecule has 1 amide bonds. The Morgan fingerprint density at radius 2 is 1.79 bits per heavy atom. The molecule has 1 aliphatic rings. The van der Waals surface area contributed by atoms with Gasteiger partial charge < -0.3 is 0 Å². The molecule has 1 aromatic heterocycles. The fourth-order valence-electron chi connectivity index (χ4n) is 4.08. The van der Waals surface area contributed by atoms with Crippen LogP contribution in [0.1, 0.15) is 53.5 Å². The van der Waals surface area contributed by atoms with Crippen LogP contribution in [0.3, 0.4) is 0 Å². The fourth-order valence-corrected chi connectivity index (χ4v) is 4.21. The number of benzene rings is 2. The van der Waals surface area contributed by atoms with Gasteiger partial charge in [-0.05, 0) is 68.2 Å². The van der Waals surface area contributed by atoms with E-state index in [1.807, 2.05) is 30.1 Å². The molecule has 2 aromatic carbocycles. The van der Waals surface area contributed by atoms with Crippen LogP contribution in [0.25, 0.3) is 17.3 Å². The molecule has 0 aliphatic carbocycles. The minimum absolute atomic E-state index is 0.0652. The number of hydrazine groups is 1. The number of amides is 1. The van der Waals surface area contributed by atoms with Crippen molar-refractivity contribution < 1.29 is 13.6 Å². The molecule has 2 heterocycles. The van der Waals surface area contributed by atoms with Crippen LogP contribution in [0, 0.1) is 18.6 Å². The standard InChI is InChI=1S/C25H25ClF2N4O/c1-16(14-18-6-8-19(26)9-7-18)24-17(2)23(25(33)30-31-12-4-3-5-13-31)29-32(24)22-11-10-20(27)15-21(22)28/h6-11,14-15H,3-5,12-13H2,1-2H3,(H,30,33)/b16-14+. The van der Waals surface area contributed by atoms with E-state index >= 15 is 0 Å². The first-order valence-corrected chi connectivity index (χ1v) is 11.3. The third kappa shape index (κ3) is 5.15. The van der Waals surface area contributed by atoms with Crippen LogP contribution in [-0.4, -0.2) is 33.8 Å². The summed E-state index contributed by atoms with van der Waals surface area (Å²) in [7, 11) is 0. The molecular weight excluding hydrogens is 446 g/mol. The largest absolute Gasteiger partial charge is 0.286 e. The van der Waals surface area contributed by atoms with E-state index in [9.17, 15) is 13.6 Å². The van der Waals surface area contributed by atoms with E-state index in [2.05, 4.69) is 10.5 Å². The molecule has 5 nitrogen and oxygen atoms in total. The summed E-state index contributed by atoms with van der Waals surface area (Å²) in [6.45, 7) is 5.20. The molecule has 0 spiro atoms. The second kappa shape index (κ2) is 9.85. The molecule has 33 heavy (non-hydrogen) atoms. The molecule has 1 saturated heterocycles. The van der Waals surface area contributed by atoms with Gasteiger partial charge in [0.2, 0.25) is 0 Å². The van der Waals surface area contributed by atoms with Crippen molar-refractivity contribution >= 4 is 29.2 Å². The second-order valence-electron chi connectivity index (χ2n) is 8.20. The average molecular weight is 471 g/mol. The third-order valence-corrected chi connectivity index (χ3v) is 5.97. The Balaban J connectivity index is 1.78. The number of hydrogen-bond acceptors (Lipinski definition) is 3. The van der Waals surface area contributed by atoms with E-state index < -0.39 is 11.6 Å². The summed E-state index contributed by atoms with van der Waals surface area (Å²) < 4.78 is 29.6. The van der Waals surface area contributed by atoms with Gasteiger partial charge in [0.05, 0.1) is 5.69 Å². The maximum Gasteiger partial charge on any atom is 0.286 e. The van der Waals surface area contributed by atoms with Crippen LogP contribution in [0.5, 0.6) is 0 Å². The van der Waals surface area contributed by atoms with Gasteiger partial charge in [0, 0.05) is 29.7 Å². The Kier molecular flexibility index (Phi) is 6.91. The van der Waals surface area contributed by atoms with Crippen LogP contribution in [0.2, 0.25) is 5.02 Å². The molecular formula is C25H25ClF2N4O. The second-order valence-corrected chi connectivity index (χ2v) is 8.63. The highest BCUT2D eigenvalue weighted by Crippen LogP contribution is 2.28. The van der Waals surface area contributed by atoms with Gasteiger partial charge in [0.1, 0.15) is 11.5 Å². The first-order valence-electron chi connectivity index (χ1n) is 10.9. The molecule has 1 fully saturated rings. The highest BCUT2D eigenvalue weighted by Gasteiger charge is 2.25. The van der Waals surface area contributed by atoms with Crippen LogP contribution >= 0.6 is 11.6 Å². The van der Waals surface area contributed by atoms with E-state index in [0.717, 1.165) is 49.6 Å². The lowest BCUT2D eigenvalue weighted by atomic mass is 10.0. The first kappa shape index (κ1) is 23.1. The van der Waals surface area contributed by atoms with Crippen molar-refractivity contribution in [2.24, 2.45) is 0 Å². The van der Waals surface area contributed by atoms with Crippen molar-refractivity contribution in [2.75, 3.05) is 13.1 Å². The lowest BCUT2D eigenvalue weighted by Gasteiger charge is -2.26. The summed E-state index contributed by atoms with van der Waals surface area (Å²) in [6, 6.07) is 10.6. The quantitative estimate of drug-likeness (QED) is 0.512. The molecule has 1 aliphatic heterocycles. The zero-order valence-corrected chi connectivity index (χ0v) is 19.3. The highest BCUT2D eigenvalue weighted by atomic mass is 35.5. The Hall–Kier alpha value is -3.03. The molecule has 0 saturated carbocycles. The van der Waals surface area contributed by atoms with Gasteiger partial charge >= 0.3 is 0 Å². The zero-order valence-electron chi connectivity index (χ0n) is 18.5. The predicted octanol–water partition coefficient (Wildman–Crippen LogP) is 5.80. The molecule has 0 unspecified atom stereocenters. The SMILES string of the molecule is C/C(=C\c1ccc(Cl)cc1)c1c(C)c(C(=O)NN2CCCCC2)nn1-c1ccc(F)cc1F. The summed E-state index contributed by atoms with van der Waals surface area (Å²) in [6.07, 6.45) is 5.08. The Morgan fingerprint density at radius 1 is 1.09 bits per heavy atom. The van der Waals surface area contributed by atoms with Gasteiger partial charge in [0.25, 0.3) is 5.91 Å². The number of hydrogen-bond donors (Lipinski definition) is 1. The van der Waals surface area contributed by atoms with Gasteiger partial charge in [-0.25, -0.2) is 18.5 Å². The molecule has 1 N–H and O–H groups in total. The van der Waals surface area contributed by atoms with Crippen molar-refractivity contribution in [2.45, 2.75) is 33.1 Å². The summed E-state index contributed by atoms with van der Waals surface area (Å²) >= 11 is 5.99. The topological polar surface area (TPSA) is 50.2 Å². The number of aromatic nitrogens is 2. The van der Waals surface area contributed by atoms with E-state index in [1.54, 1.807) is 19.1 Å². The van der Waals surface area contributed by atoms with Gasteiger partial charge in [-0.2, -0.15) is 5.10 Å². The highest BCUT2D eigenvalue weighted by molar-refractivity contribution is 6.30. The summed E-state index contributed by atoms with van der Waals surface area (Å²) in [5.74, 6) is -1.80. The number of piperidine rings is 1. The monoisotopic (exact) mass is 470 g/mol. The lowest BCUT2D eigenvalue weighted by molar-refractivity contribution is 0.0743. The number of nitrogens with one attached hydrogen (secondary N) is 1. The molecule has 3 aromatic rings. The van der Waals surface area contributed by atoms with Crippen LogP contribution in [0.4, 0.5) is 8.78 Å². The third-order valence-electron chi connectivity index (χ3n) is 5.72. The lowest BCUT2D eigenvalue weighted by Crippen LogP contribution is -2.45. The maximum atomic E-state index is 14.7. The molecule has 172 valence electrons.